The smallest absolute Gasteiger partial charge is 0.407 e. The van der Waals surface area contributed by atoms with E-state index < -0.39 is 18.1 Å². The summed E-state index contributed by atoms with van der Waals surface area (Å²) in [6.07, 6.45) is 1.35. The topological polar surface area (TPSA) is 95.9 Å². The number of carbonyl (C=O) groups excluding carboxylic acids is 2. The molecule has 0 aromatic heterocycles. The van der Waals surface area contributed by atoms with Crippen molar-refractivity contribution in [1.29, 1.82) is 0 Å². The normalized spacial score (nSPS) is 23.3. The number of piperidine rings is 1. The van der Waals surface area contributed by atoms with Gasteiger partial charge < -0.3 is 20.1 Å². The fourth-order valence-electron chi connectivity index (χ4n) is 5.85. The lowest BCUT2D eigenvalue weighted by Gasteiger charge is -2.30. The van der Waals surface area contributed by atoms with Crippen LogP contribution in [0.15, 0.2) is 48.5 Å². The van der Waals surface area contributed by atoms with E-state index in [4.69, 9.17) is 4.74 Å². The SMILES string of the molecule is CCC[C@H](NC(=O)OCC1c2ccccc2-c2ccccc21)C(=O)N1CCC2C(C1)C2C(=O)O. The first kappa shape index (κ1) is 22.4. The number of likely N-dealkylation sites (tertiary alicyclic amines) is 1. The van der Waals surface area contributed by atoms with Crippen molar-refractivity contribution in [3.8, 4) is 11.1 Å². The molecular weight excluding hydrogens is 432 g/mol. The van der Waals surface area contributed by atoms with Gasteiger partial charge in [0.2, 0.25) is 5.91 Å². The van der Waals surface area contributed by atoms with Crippen molar-refractivity contribution >= 4 is 18.0 Å². The van der Waals surface area contributed by atoms with Gasteiger partial charge in [-0.05, 0) is 46.9 Å². The highest BCUT2D eigenvalue weighted by Crippen LogP contribution is 2.51. The third-order valence-electron chi connectivity index (χ3n) is 7.60. The zero-order chi connectivity index (χ0) is 23.8. The molecule has 2 aromatic carbocycles. The number of rotatable bonds is 7. The van der Waals surface area contributed by atoms with Crippen LogP contribution in [0.2, 0.25) is 0 Å². The van der Waals surface area contributed by atoms with Gasteiger partial charge in [0.15, 0.2) is 0 Å². The Morgan fingerprint density at radius 2 is 1.71 bits per heavy atom. The Bertz CT molecular complexity index is 1070. The first-order chi connectivity index (χ1) is 16.5. The van der Waals surface area contributed by atoms with Crippen molar-refractivity contribution in [2.75, 3.05) is 19.7 Å². The van der Waals surface area contributed by atoms with Gasteiger partial charge in [-0.25, -0.2) is 4.79 Å². The average molecular weight is 463 g/mol. The number of hydrogen-bond acceptors (Lipinski definition) is 4. The molecule has 2 N–H and O–H groups in total. The number of benzene rings is 2. The lowest BCUT2D eigenvalue weighted by atomic mass is 9.98. The molecule has 5 rings (SSSR count). The Balaban J connectivity index is 1.21. The van der Waals surface area contributed by atoms with Crippen LogP contribution >= 0.6 is 0 Å². The van der Waals surface area contributed by atoms with E-state index in [9.17, 15) is 19.5 Å². The third kappa shape index (κ3) is 4.04. The zero-order valence-electron chi connectivity index (χ0n) is 19.3. The molecule has 178 valence electrons. The van der Waals surface area contributed by atoms with E-state index in [2.05, 4.69) is 29.6 Å². The van der Waals surface area contributed by atoms with E-state index >= 15 is 0 Å². The Morgan fingerprint density at radius 1 is 1.06 bits per heavy atom. The van der Waals surface area contributed by atoms with Crippen LogP contribution in [-0.4, -0.2) is 53.7 Å². The van der Waals surface area contributed by atoms with E-state index in [1.54, 1.807) is 4.90 Å². The molecule has 1 saturated carbocycles. The quantitative estimate of drug-likeness (QED) is 0.651. The standard InChI is InChI=1S/C27H30N2O5/c1-2-7-23(25(30)29-13-12-20-21(14-29)24(20)26(31)32)28-27(33)34-15-22-18-10-5-3-8-16(18)17-9-4-6-11-19(17)22/h3-6,8-11,20-24H,2,7,12-15H2,1H3,(H,28,33)(H,31,32)/t20?,21?,23-,24?/m0/s1. The van der Waals surface area contributed by atoms with Crippen LogP contribution in [0.4, 0.5) is 4.79 Å². The maximum absolute atomic E-state index is 13.2. The third-order valence-corrected chi connectivity index (χ3v) is 7.60. The second kappa shape index (κ2) is 9.12. The van der Waals surface area contributed by atoms with Crippen molar-refractivity contribution in [2.45, 2.75) is 38.1 Å². The number of hydrogen-bond donors (Lipinski definition) is 2. The van der Waals surface area contributed by atoms with Crippen LogP contribution in [0.25, 0.3) is 11.1 Å². The van der Waals surface area contributed by atoms with Crippen molar-refractivity contribution in [2.24, 2.45) is 17.8 Å². The average Bonchev–Trinajstić information content (AvgIpc) is 3.49. The number of carboxylic acid groups (broad SMARTS) is 1. The highest BCUT2D eigenvalue weighted by Gasteiger charge is 2.57. The summed E-state index contributed by atoms with van der Waals surface area (Å²) in [5.41, 5.74) is 4.60. The van der Waals surface area contributed by atoms with Gasteiger partial charge in [-0.1, -0.05) is 61.9 Å². The van der Waals surface area contributed by atoms with Crippen molar-refractivity contribution in [3.63, 3.8) is 0 Å². The molecule has 3 unspecified atom stereocenters. The molecule has 2 amide bonds. The number of carboxylic acids is 1. The van der Waals surface area contributed by atoms with Gasteiger partial charge in [0.25, 0.3) is 0 Å². The number of ether oxygens (including phenoxy) is 1. The summed E-state index contributed by atoms with van der Waals surface area (Å²) in [7, 11) is 0. The first-order valence-electron chi connectivity index (χ1n) is 12.1. The Kier molecular flexibility index (Phi) is 6.02. The van der Waals surface area contributed by atoms with E-state index in [0.29, 0.717) is 25.9 Å². The Hall–Kier alpha value is -3.35. The molecule has 0 bridgehead atoms. The van der Waals surface area contributed by atoms with Crippen molar-refractivity contribution in [1.82, 2.24) is 10.2 Å². The summed E-state index contributed by atoms with van der Waals surface area (Å²) in [5, 5.41) is 12.1. The van der Waals surface area contributed by atoms with Crippen molar-refractivity contribution < 1.29 is 24.2 Å². The number of aliphatic carboxylic acids is 1. The molecule has 2 fully saturated rings. The van der Waals surface area contributed by atoms with E-state index in [1.807, 2.05) is 31.2 Å². The highest BCUT2D eigenvalue weighted by molar-refractivity contribution is 5.86. The monoisotopic (exact) mass is 462 g/mol. The van der Waals surface area contributed by atoms with Gasteiger partial charge in [0, 0.05) is 19.0 Å². The van der Waals surface area contributed by atoms with Crippen molar-refractivity contribution in [3.05, 3.63) is 59.7 Å². The Morgan fingerprint density at radius 3 is 2.32 bits per heavy atom. The van der Waals surface area contributed by atoms with E-state index in [-0.39, 0.29) is 36.2 Å². The predicted octanol–water partition coefficient (Wildman–Crippen LogP) is 3.87. The maximum Gasteiger partial charge on any atom is 0.407 e. The van der Waals surface area contributed by atoms with Gasteiger partial charge in [-0.2, -0.15) is 0 Å². The minimum Gasteiger partial charge on any atom is -0.481 e. The second-order valence-electron chi connectivity index (χ2n) is 9.58. The van der Waals surface area contributed by atoms with Crippen LogP contribution in [0.3, 0.4) is 0 Å². The lowest BCUT2D eigenvalue weighted by Crippen LogP contribution is -2.50. The van der Waals surface area contributed by atoms with E-state index in [0.717, 1.165) is 28.7 Å². The number of amides is 2. The van der Waals surface area contributed by atoms with Crippen LogP contribution < -0.4 is 5.32 Å². The first-order valence-corrected chi connectivity index (χ1v) is 12.1. The minimum absolute atomic E-state index is 0.0342. The Labute approximate surface area is 199 Å². The second-order valence-corrected chi connectivity index (χ2v) is 9.58. The minimum atomic E-state index is -0.772. The fourth-order valence-corrected chi connectivity index (χ4v) is 5.85. The predicted molar refractivity (Wildman–Crippen MR) is 126 cm³/mol. The zero-order valence-corrected chi connectivity index (χ0v) is 19.3. The van der Waals surface area contributed by atoms with E-state index in [1.165, 1.54) is 0 Å². The molecule has 4 atom stereocenters. The summed E-state index contributed by atoms with van der Waals surface area (Å²) in [6, 6.07) is 15.6. The number of nitrogens with zero attached hydrogens (tertiary/aromatic N) is 1. The molecule has 1 heterocycles. The summed E-state index contributed by atoms with van der Waals surface area (Å²) < 4.78 is 5.63. The van der Waals surface area contributed by atoms with Gasteiger partial charge in [-0.15, -0.1) is 0 Å². The van der Waals surface area contributed by atoms with Gasteiger partial charge in [-0.3, -0.25) is 9.59 Å². The van der Waals surface area contributed by atoms with Crippen LogP contribution in [0, 0.1) is 17.8 Å². The summed E-state index contributed by atoms with van der Waals surface area (Å²) in [4.78, 5) is 38.9. The molecule has 0 radical (unpaired) electrons. The number of fused-ring (bicyclic) bond motifs is 4. The van der Waals surface area contributed by atoms with Gasteiger partial charge in [0.05, 0.1) is 5.92 Å². The molecule has 7 nitrogen and oxygen atoms in total. The molecule has 1 aliphatic heterocycles. The van der Waals surface area contributed by atoms with Crippen LogP contribution in [-0.2, 0) is 14.3 Å². The van der Waals surface area contributed by atoms with Gasteiger partial charge >= 0.3 is 12.1 Å². The number of carbonyl (C=O) groups is 3. The highest BCUT2D eigenvalue weighted by atomic mass is 16.5. The molecule has 34 heavy (non-hydrogen) atoms. The molecular formula is C27H30N2O5. The van der Waals surface area contributed by atoms with Gasteiger partial charge in [0.1, 0.15) is 12.6 Å². The molecule has 2 aliphatic carbocycles. The molecule has 7 heteroatoms. The summed E-state index contributed by atoms with van der Waals surface area (Å²) >= 11 is 0. The fraction of sp³-hybridized carbons (Fsp3) is 0.444. The largest absolute Gasteiger partial charge is 0.481 e. The van der Waals surface area contributed by atoms with Crippen LogP contribution in [0.1, 0.15) is 43.2 Å². The molecule has 1 saturated heterocycles. The summed E-state index contributed by atoms with van der Waals surface area (Å²) in [6.45, 7) is 3.15. The molecule has 2 aromatic rings. The molecule has 3 aliphatic rings. The molecule has 0 spiro atoms. The maximum atomic E-state index is 13.2. The number of alkyl carbamates (subject to hydrolysis) is 1. The lowest BCUT2D eigenvalue weighted by molar-refractivity contribution is -0.139. The summed E-state index contributed by atoms with van der Waals surface area (Å²) in [5.74, 6) is -1.08. The van der Waals surface area contributed by atoms with Crippen LogP contribution in [0.5, 0.6) is 0 Å². The number of nitrogens with one attached hydrogen (secondary N) is 1.